The SMILES string of the molecule is CC(C)Cc1ccc(C[O])cc1. The minimum Gasteiger partial charge on any atom is -0.232 e. The van der Waals surface area contributed by atoms with Gasteiger partial charge in [-0.25, -0.2) is 5.11 Å². The molecule has 0 amide bonds. The summed E-state index contributed by atoms with van der Waals surface area (Å²) in [5.74, 6) is 0.683. The number of benzene rings is 1. The van der Waals surface area contributed by atoms with Crippen molar-refractivity contribution in [3.05, 3.63) is 35.4 Å². The molecule has 0 spiro atoms. The third-order valence-electron chi connectivity index (χ3n) is 1.83. The molecule has 0 atom stereocenters. The van der Waals surface area contributed by atoms with Crippen LogP contribution in [0.3, 0.4) is 0 Å². The van der Waals surface area contributed by atoms with Crippen LogP contribution in [0.15, 0.2) is 24.3 Å². The lowest BCUT2D eigenvalue weighted by atomic mass is 10.0. The molecule has 1 aromatic rings. The van der Waals surface area contributed by atoms with Crippen LogP contribution in [0.5, 0.6) is 0 Å². The highest BCUT2D eigenvalue weighted by molar-refractivity contribution is 5.22. The van der Waals surface area contributed by atoms with Crippen LogP contribution in [-0.4, -0.2) is 0 Å². The quantitative estimate of drug-likeness (QED) is 0.653. The van der Waals surface area contributed by atoms with Crippen molar-refractivity contribution in [1.82, 2.24) is 0 Å². The van der Waals surface area contributed by atoms with Gasteiger partial charge in [0.1, 0.15) is 6.61 Å². The minimum absolute atomic E-state index is 0.109. The molecule has 1 rings (SSSR count). The molecular weight excluding hydrogens is 148 g/mol. The second kappa shape index (κ2) is 4.27. The van der Waals surface area contributed by atoms with E-state index in [4.69, 9.17) is 0 Å². The molecule has 0 saturated heterocycles. The van der Waals surface area contributed by atoms with E-state index in [-0.39, 0.29) is 6.61 Å². The molecule has 12 heavy (non-hydrogen) atoms. The largest absolute Gasteiger partial charge is 0.232 e. The standard InChI is InChI=1S/C11H15O/c1-9(2)7-10-3-5-11(8-12)6-4-10/h3-6,9H,7-8H2,1-2H3. The molecule has 0 aliphatic heterocycles. The highest BCUT2D eigenvalue weighted by Gasteiger charge is 1.97. The van der Waals surface area contributed by atoms with Crippen LogP contribution in [0.25, 0.3) is 0 Å². The van der Waals surface area contributed by atoms with Gasteiger partial charge in [-0.05, 0) is 23.5 Å². The Morgan fingerprint density at radius 3 is 2.00 bits per heavy atom. The predicted octanol–water partition coefficient (Wildman–Crippen LogP) is 2.82. The Balaban J connectivity index is 2.65. The van der Waals surface area contributed by atoms with E-state index in [0.29, 0.717) is 5.92 Å². The Morgan fingerprint density at radius 1 is 1.08 bits per heavy atom. The van der Waals surface area contributed by atoms with E-state index in [9.17, 15) is 5.11 Å². The van der Waals surface area contributed by atoms with Crippen molar-refractivity contribution in [1.29, 1.82) is 0 Å². The van der Waals surface area contributed by atoms with Gasteiger partial charge in [-0.1, -0.05) is 38.1 Å². The van der Waals surface area contributed by atoms with Crippen LogP contribution >= 0.6 is 0 Å². The van der Waals surface area contributed by atoms with Crippen LogP contribution in [0, 0.1) is 5.92 Å². The summed E-state index contributed by atoms with van der Waals surface area (Å²) in [6, 6.07) is 7.94. The Morgan fingerprint density at radius 2 is 1.58 bits per heavy atom. The summed E-state index contributed by atoms with van der Waals surface area (Å²) < 4.78 is 0. The molecule has 0 heterocycles. The van der Waals surface area contributed by atoms with E-state index in [1.165, 1.54) is 5.56 Å². The van der Waals surface area contributed by atoms with E-state index in [0.717, 1.165) is 12.0 Å². The van der Waals surface area contributed by atoms with Crippen LogP contribution in [0.4, 0.5) is 0 Å². The zero-order valence-corrected chi connectivity index (χ0v) is 7.71. The zero-order chi connectivity index (χ0) is 8.97. The fourth-order valence-corrected chi connectivity index (χ4v) is 1.24. The lowest BCUT2D eigenvalue weighted by molar-refractivity contribution is 0.177. The molecule has 0 fully saturated rings. The Labute approximate surface area is 74.1 Å². The van der Waals surface area contributed by atoms with Gasteiger partial charge in [0.2, 0.25) is 0 Å². The van der Waals surface area contributed by atoms with Gasteiger partial charge in [0.05, 0.1) is 0 Å². The maximum absolute atomic E-state index is 10.5. The zero-order valence-electron chi connectivity index (χ0n) is 7.71. The van der Waals surface area contributed by atoms with E-state index in [2.05, 4.69) is 13.8 Å². The van der Waals surface area contributed by atoms with Gasteiger partial charge in [0.25, 0.3) is 0 Å². The van der Waals surface area contributed by atoms with Gasteiger partial charge < -0.3 is 0 Å². The monoisotopic (exact) mass is 163 g/mol. The maximum Gasteiger partial charge on any atom is 0.107 e. The fourth-order valence-electron chi connectivity index (χ4n) is 1.24. The second-order valence-electron chi connectivity index (χ2n) is 3.56. The average Bonchev–Trinajstić information content (AvgIpc) is 2.05. The number of hydrogen-bond donors (Lipinski definition) is 0. The van der Waals surface area contributed by atoms with Gasteiger partial charge in [0.15, 0.2) is 0 Å². The van der Waals surface area contributed by atoms with Gasteiger partial charge in [-0.3, -0.25) is 0 Å². The van der Waals surface area contributed by atoms with Gasteiger partial charge in [-0.15, -0.1) is 0 Å². The highest BCUT2D eigenvalue weighted by atomic mass is 16.3. The first-order chi connectivity index (χ1) is 5.72. The first kappa shape index (κ1) is 9.27. The van der Waals surface area contributed by atoms with Crippen LogP contribution in [-0.2, 0) is 18.1 Å². The van der Waals surface area contributed by atoms with Crippen molar-refractivity contribution in [2.75, 3.05) is 0 Å². The molecule has 1 heteroatoms. The lowest BCUT2D eigenvalue weighted by Gasteiger charge is -2.04. The Kier molecular flexibility index (Phi) is 3.30. The molecular formula is C11H15O. The van der Waals surface area contributed by atoms with Crippen molar-refractivity contribution >= 4 is 0 Å². The van der Waals surface area contributed by atoms with Crippen LogP contribution in [0.2, 0.25) is 0 Å². The minimum atomic E-state index is -0.109. The summed E-state index contributed by atoms with van der Waals surface area (Å²) in [7, 11) is 0. The molecule has 0 unspecified atom stereocenters. The van der Waals surface area contributed by atoms with E-state index in [1.807, 2.05) is 24.3 Å². The lowest BCUT2D eigenvalue weighted by Crippen LogP contribution is -1.93. The molecule has 0 bridgehead atoms. The Bertz CT molecular complexity index is 223. The maximum atomic E-state index is 10.5. The molecule has 0 N–H and O–H groups in total. The Hall–Kier alpha value is -0.820. The van der Waals surface area contributed by atoms with E-state index >= 15 is 0 Å². The summed E-state index contributed by atoms with van der Waals surface area (Å²) in [5.41, 5.74) is 2.20. The number of hydrogen-bond acceptors (Lipinski definition) is 0. The van der Waals surface area contributed by atoms with Gasteiger partial charge in [0, 0.05) is 0 Å². The molecule has 0 aliphatic carbocycles. The smallest absolute Gasteiger partial charge is 0.107 e. The molecule has 0 saturated carbocycles. The summed E-state index contributed by atoms with van der Waals surface area (Å²) in [6.45, 7) is 4.28. The predicted molar refractivity (Wildman–Crippen MR) is 49.4 cm³/mol. The van der Waals surface area contributed by atoms with E-state index < -0.39 is 0 Å². The number of rotatable bonds is 3. The molecule has 65 valence electrons. The first-order valence-corrected chi connectivity index (χ1v) is 4.38. The van der Waals surface area contributed by atoms with Crippen molar-refractivity contribution < 1.29 is 5.11 Å². The summed E-state index contributed by atoms with van der Waals surface area (Å²) in [6.07, 6.45) is 1.10. The molecule has 1 nitrogen and oxygen atoms in total. The van der Waals surface area contributed by atoms with Crippen LogP contribution in [0.1, 0.15) is 25.0 Å². The van der Waals surface area contributed by atoms with Crippen molar-refractivity contribution in [3.8, 4) is 0 Å². The van der Waals surface area contributed by atoms with Gasteiger partial charge in [-0.2, -0.15) is 0 Å². The highest BCUT2D eigenvalue weighted by Crippen LogP contribution is 2.09. The molecule has 1 radical (unpaired) electrons. The normalized spacial score (nSPS) is 10.7. The van der Waals surface area contributed by atoms with Crippen molar-refractivity contribution in [2.24, 2.45) is 5.92 Å². The molecule has 0 aliphatic rings. The second-order valence-corrected chi connectivity index (χ2v) is 3.56. The van der Waals surface area contributed by atoms with Crippen LogP contribution < -0.4 is 0 Å². The summed E-state index contributed by atoms with van der Waals surface area (Å²) in [5, 5.41) is 10.5. The fraction of sp³-hybridized carbons (Fsp3) is 0.455. The summed E-state index contributed by atoms with van der Waals surface area (Å²) >= 11 is 0. The van der Waals surface area contributed by atoms with Gasteiger partial charge >= 0.3 is 0 Å². The third kappa shape index (κ3) is 2.67. The topological polar surface area (TPSA) is 19.9 Å². The molecule has 1 aromatic carbocycles. The third-order valence-corrected chi connectivity index (χ3v) is 1.83. The summed E-state index contributed by atoms with van der Waals surface area (Å²) in [4.78, 5) is 0. The first-order valence-electron chi connectivity index (χ1n) is 4.38. The average molecular weight is 163 g/mol. The van der Waals surface area contributed by atoms with Crippen molar-refractivity contribution in [3.63, 3.8) is 0 Å². The van der Waals surface area contributed by atoms with Crippen molar-refractivity contribution in [2.45, 2.75) is 26.9 Å². The molecule has 0 aromatic heterocycles. The van der Waals surface area contributed by atoms with E-state index in [1.54, 1.807) is 0 Å².